The standard InChI is InChI=1S/C23H25FN4O/c1-17(19-4-3-5-21(16-19)29-2)27-12-14-28(15-13-27)23-11-10-22(25-26-23)18-6-8-20(24)9-7-18/h3-11,16-17H,12-15H2,1-2H3. The third-order valence-corrected chi connectivity index (χ3v) is 5.55. The first-order valence-corrected chi connectivity index (χ1v) is 9.86. The van der Waals surface area contributed by atoms with Crippen LogP contribution in [0.1, 0.15) is 18.5 Å². The van der Waals surface area contributed by atoms with Crippen molar-refractivity contribution in [2.24, 2.45) is 0 Å². The van der Waals surface area contributed by atoms with Gasteiger partial charge in [-0.1, -0.05) is 12.1 Å². The lowest BCUT2D eigenvalue weighted by Crippen LogP contribution is -2.47. The van der Waals surface area contributed by atoms with E-state index in [9.17, 15) is 4.39 Å². The maximum Gasteiger partial charge on any atom is 0.151 e. The van der Waals surface area contributed by atoms with E-state index in [0.29, 0.717) is 6.04 Å². The van der Waals surface area contributed by atoms with Crippen molar-refractivity contribution in [3.63, 3.8) is 0 Å². The molecule has 4 rings (SSSR count). The molecule has 0 amide bonds. The topological polar surface area (TPSA) is 41.5 Å². The van der Waals surface area contributed by atoms with Crippen LogP contribution in [0.2, 0.25) is 0 Å². The third-order valence-electron chi connectivity index (χ3n) is 5.55. The predicted octanol–water partition coefficient (Wildman–Crippen LogP) is 4.17. The van der Waals surface area contributed by atoms with E-state index in [1.165, 1.54) is 17.7 Å². The van der Waals surface area contributed by atoms with Gasteiger partial charge >= 0.3 is 0 Å². The Morgan fingerprint density at radius 2 is 1.69 bits per heavy atom. The number of nitrogens with zero attached hydrogens (tertiary/aromatic N) is 4. The van der Waals surface area contributed by atoms with Gasteiger partial charge in [-0.05, 0) is 61.0 Å². The van der Waals surface area contributed by atoms with Crippen molar-refractivity contribution in [1.29, 1.82) is 0 Å². The quantitative estimate of drug-likeness (QED) is 0.652. The third kappa shape index (κ3) is 4.38. The number of methoxy groups -OCH3 is 1. The van der Waals surface area contributed by atoms with E-state index in [4.69, 9.17) is 4.74 Å². The highest BCUT2D eigenvalue weighted by Crippen LogP contribution is 2.26. The van der Waals surface area contributed by atoms with Crippen LogP contribution in [0.3, 0.4) is 0 Å². The first kappa shape index (κ1) is 19.3. The van der Waals surface area contributed by atoms with Crippen LogP contribution in [0.25, 0.3) is 11.3 Å². The molecule has 0 spiro atoms. The van der Waals surface area contributed by atoms with Gasteiger partial charge in [0.15, 0.2) is 5.82 Å². The van der Waals surface area contributed by atoms with E-state index in [0.717, 1.165) is 49.0 Å². The summed E-state index contributed by atoms with van der Waals surface area (Å²) in [5.41, 5.74) is 2.88. The monoisotopic (exact) mass is 392 g/mol. The van der Waals surface area contributed by atoms with E-state index in [1.54, 1.807) is 19.2 Å². The predicted molar refractivity (Wildman–Crippen MR) is 113 cm³/mol. The van der Waals surface area contributed by atoms with E-state index in [1.807, 2.05) is 24.3 Å². The van der Waals surface area contributed by atoms with Gasteiger partial charge < -0.3 is 9.64 Å². The number of halogens is 1. The zero-order valence-corrected chi connectivity index (χ0v) is 16.8. The summed E-state index contributed by atoms with van der Waals surface area (Å²) in [7, 11) is 1.70. The van der Waals surface area contributed by atoms with Gasteiger partial charge in [0.25, 0.3) is 0 Å². The van der Waals surface area contributed by atoms with Gasteiger partial charge in [-0.15, -0.1) is 10.2 Å². The Morgan fingerprint density at radius 3 is 2.34 bits per heavy atom. The van der Waals surface area contributed by atoms with Gasteiger partial charge in [0.05, 0.1) is 12.8 Å². The van der Waals surface area contributed by atoms with Crippen molar-refractivity contribution < 1.29 is 9.13 Å². The molecule has 0 bridgehead atoms. The highest BCUT2D eigenvalue weighted by molar-refractivity contribution is 5.59. The van der Waals surface area contributed by atoms with E-state index in [-0.39, 0.29) is 5.82 Å². The van der Waals surface area contributed by atoms with Crippen molar-refractivity contribution in [3.8, 4) is 17.0 Å². The second-order valence-corrected chi connectivity index (χ2v) is 7.26. The van der Waals surface area contributed by atoms with Crippen LogP contribution in [0.5, 0.6) is 5.75 Å². The fourth-order valence-corrected chi connectivity index (χ4v) is 3.72. The molecule has 6 heteroatoms. The number of anilines is 1. The van der Waals surface area contributed by atoms with Gasteiger partial charge in [0, 0.05) is 37.8 Å². The molecule has 1 unspecified atom stereocenters. The molecule has 5 nitrogen and oxygen atoms in total. The zero-order valence-electron chi connectivity index (χ0n) is 16.8. The number of rotatable bonds is 5. The molecule has 0 aliphatic carbocycles. The molecule has 2 heterocycles. The van der Waals surface area contributed by atoms with Gasteiger partial charge in [-0.25, -0.2) is 4.39 Å². The average Bonchev–Trinajstić information content (AvgIpc) is 2.79. The van der Waals surface area contributed by atoms with Crippen molar-refractivity contribution in [1.82, 2.24) is 15.1 Å². The van der Waals surface area contributed by atoms with Crippen molar-refractivity contribution in [2.45, 2.75) is 13.0 Å². The minimum absolute atomic E-state index is 0.251. The summed E-state index contributed by atoms with van der Waals surface area (Å²) < 4.78 is 18.4. The first-order valence-electron chi connectivity index (χ1n) is 9.86. The maximum absolute atomic E-state index is 13.1. The molecule has 150 valence electrons. The van der Waals surface area contributed by atoms with Crippen LogP contribution in [-0.2, 0) is 0 Å². The summed E-state index contributed by atoms with van der Waals surface area (Å²) >= 11 is 0. The molecule has 3 aromatic rings. The average molecular weight is 392 g/mol. The lowest BCUT2D eigenvalue weighted by atomic mass is 10.1. The van der Waals surface area contributed by atoms with Crippen LogP contribution in [0.15, 0.2) is 60.7 Å². The van der Waals surface area contributed by atoms with Gasteiger partial charge in [0.2, 0.25) is 0 Å². The minimum atomic E-state index is -0.251. The molecule has 1 aromatic heterocycles. The largest absolute Gasteiger partial charge is 0.497 e. The number of hydrogen-bond donors (Lipinski definition) is 0. The van der Waals surface area contributed by atoms with Crippen LogP contribution in [-0.4, -0.2) is 48.4 Å². The Kier molecular flexibility index (Phi) is 5.71. The molecule has 1 aliphatic rings. The summed E-state index contributed by atoms with van der Waals surface area (Å²) in [4.78, 5) is 4.74. The number of benzene rings is 2. The lowest BCUT2D eigenvalue weighted by molar-refractivity contribution is 0.198. The van der Waals surface area contributed by atoms with E-state index in [2.05, 4.69) is 39.1 Å². The number of piperazine rings is 1. The SMILES string of the molecule is COc1cccc(C(C)N2CCN(c3ccc(-c4ccc(F)cc4)nn3)CC2)c1. The molecule has 1 aliphatic heterocycles. The Balaban J connectivity index is 1.38. The summed E-state index contributed by atoms with van der Waals surface area (Å²) in [6, 6.07) is 18.9. The number of aromatic nitrogens is 2. The Bertz CT molecular complexity index is 938. The second-order valence-electron chi connectivity index (χ2n) is 7.26. The van der Waals surface area contributed by atoms with Gasteiger partial charge in [0.1, 0.15) is 11.6 Å². The molecule has 1 fully saturated rings. The van der Waals surface area contributed by atoms with Crippen LogP contribution in [0.4, 0.5) is 10.2 Å². The van der Waals surface area contributed by atoms with E-state index >= 15 is 0 Å². The minimum Gasteiger partial charge on any atom is -0.497 e. The first-order chi connectivity index (χ1) is 14.1. The maximum atomic E-state index is 13.1. The number of ether oxygens (including phenoxy) is 1. The van der Waals surface area contributed by atoms with Crippen LogP contribution in [0, 0.1) is 5.82 Å². The van der Waals surface area contributed by atoms with Crippen LogP contribution < -0.4 is 9.64 Å². The van der Waals surface area contributed by atoms with Crippen molar-refractivity contribution in [3.05, 3.63) is 72.0 Å². The summed E-state index contributed by atoms with van der Waals surface area (Å²) in [6.45, 7) is 5.96. The van der Waals surface area contributed by atoms with E-state index < -0.39 is 0 Å². The summed E-state index contributed by atoms with van der Waals surface area (Å²) in [6.07, 6.45) is 0. The molecule has 29 heavy (non-hydrogen) atoms. The molecule has 0 radical (unpaired) electrons. The molecule has 1 atom stereocenters. The van der Waals surface area contributed by atoms with Crippen molar-refractivity contribution >= 4 is 5.82 Å². The van der Waals surface area contributed by atoms with Crippen molar-refractivity contribution in [2.75, 3.05) is 38.2 Å². The Labute approximate surface area is 170 Å². The summed E-state index contributed by atoms with van der Waals surface area (Å²) in [5, 5.41) is 8.73. The second kappa shape index (κ2) is 8.57. The van der Waals surface area contributed by atoms with Gasteiger partial charge in [-0.3, -0.25) is 4.90 Å². The highest BCUT2D eigenvalue weighted by Gasteiger charge is 2.23. The highest BCUT2D eigenvalue weighted by atomic mass is 19.1. The Hall–Kier alpha value is -2.99. The molecule has 0 N–H and O–H groups in total. The van der Waals surface area contributed by atoms with Gasteiger partial charge in [-0.2, -0.15) is 0 Å². The Morgan fingerprint density at radius 1 is 0.931 bits per heavy atom. The lowest BCUT2D eigenvalue weighted by Gasteiger charge is -2.38. The summed E-state index contributed by atoms with van der Waals surface area (Å²) in [5.74, 6) is 1.52. The zero-order chi connectivity index (χ0) is 20.2. The molecule has 1 saturated heterocycles. The molecular weight excluding hydrogens is 367 g/mol. The fourth-order valence-electron chi connectivity index (χ4n) is 3.72. The smallest absolute Gasteiger partial charge is 0.151 e. The molecule has 2 aromatic carbocycles. The van der Waals surface area contributed by atoms with Crippen LogP contribution >= 0.6 is 0 Å². The fraction of sp³-hybridized carbons (Fsp3) is 0.304. The number of hydrogen-bond acceptors (Lipinski definition) is 5. The molecular formula is C23H25FN4O. The molecule has 0 saturated carbocycles. The normalized spacial score (nSPS) is 15.9.